The Bertz CT molecular complexity index is 628. The van der Waals surface area contributed by atoms with Crippen LogP contribution in [0.25, 0.3) is 5.69 Å². The van der Waals surface area contributed by atoms with Crippen LogP contribution in [0, 0.1) is 12.8 Å². The number of benzene rings is 1. The van der Waals surface area contributed by atoms with E-state index in [9.17, 15) is 4.79 Å². The molecule has 21 heavy (non-hydrogen) atoms. The van der Waals surface area contributed by atoms with E-state index in [1.54, 1.807) is 4.68 Å². The maximum Gasteiger partial charge on any atom is 0.251 e. The van der Waals surface area contributed by atoms with Crippen molar-refractivity contribution in [2.24, 2.45) is 11.7 Å². The van der Waals surface area contributed by atoms with Crippen LogP contribution >= 0.6 is 0 Å². The van der Waals surface area contributed by atoms with Crippen LogP contribution in [0.2, 0.25) is 0 Å². The molecule has 3 rings (SSSR count). The molecule has 2 aromatic rings. The first-order chi connectivity index (χ1) is 10.2. The molecule has 1 aliphatic carbocycles. The smallest absolute Gasteiger partial charge is 0.251 e. The number of carbonyl (C=O) groups excluding carboxylic acids is 1. The fraction of sp³-hybridized carbons (Fsp3) is 0.375. The van der Waals surface area contributed by atoms with Gasteiger partial charge in [-0.25, -0.2) is 4.68 Å². The highest BCUT2D eigenvalue weighted by molar-refractivity contribution is 5.94. The van der Waals surface area contributed by atoms with Gasteiger partial charge in [0.1, 0.15) is 0 Å². The molecule has 0 aliphatic heterocycles. The summed E-state index contributed by atoms with van der Waals surface area (Å²) in [5, 5.41) is 7.28. The van der Waals surface area contributed by atoms with Crippen molar-refractivity contribution < 1.29 is 4.79 Å². The summed E-state index contributed by atoms with van der Waals surface area (Å²) < 4.78 is 1.80. The van der Waals surface area contributed by atoms with Gasteiger partial charge in [-0.15, -0.1) is 0 Å². The molecule has 1 aromatic heterocycles. The monoisotopic (exact) mass is 284 g/mol. The molecule has 1 amide bonds. The SMILES string of the molecule is Cc1cnn(-c2ccc(C(=O)NC(CN)C3CC3)cc2)c1. The van der Waals surface area contributed by atoms with Gasteiger partial charge in [0.15, 0.2) is 0 Å². The Kier molecular flexibility index (Phi) is 3.75. The molecule has 0 spiro atoms. The van der Waals surface area contributed by atoms with Crippen molar-refractivity contribution in [3.05, 3.63) is 47.8 Å². The van der Waals surface area contributed by atoms with Gasteiger partial charge in [-0.05, 0) is 55.5 Å². The van der Waals surface area contributed by atoms with Gasteiger partial charge in [-0.2, -0.15) is 5.10 Å². The lowest BCUT2D eigenvalue weighted by molar-refractivity contribution is 0.0933. The van der Waals surface area contributed by atoms with E-state index in [-0.39, 0.29) is 11.9 Å². The number of nitrogens with one attached hydrogen (secondary N) is 1. The summed E-state index contributed by atoms with van der Waals surface area (Å²) in [4.78, 5) is 12.2. The minimum absolute atomic E-state index is 0.0551. The number of amides is 1. The van der Waals surface area contributed by atoms with Crippen LogP contribution in [-0.2, 0) is 0 Å². The topological polar surface area (TPSA) is 72.9 Å². The summed E-state index contributed by atoms with van der Waals surface area (Å²) in [6.07, 6.45) is 6.09. The molecular formula is C16H20N4O. The zero-order valence-corrected chi connectivity index (χ0v) is 12.1. The normalized spacial score (nSPS) is 15.7. The fourth-order valence-electron chi connectivity index (χ4n) is 2.44. The molecule has 5 nitrogen and oxygen atoms in total. The lowest BCUT2D eigenvalue weighted by Crippen LogP contribution is -2.41. The summed E-state index contributed by atoms with van der Waals surface area (Å²) in [6, 6.07) is 7.54. The molecule has 3 N–H and O–H groups in total. The van der Waals surface area contributed by atoms with Crippen molar-refractivity contribution in [2.75, 3.05) is 6.54 Å². The van der Waals surface area contributed by atoms with Crippen molar-refractivity contribution in [3.63, 3.8) is 0 Å². The molecular weight excluding hydrogens is 264 g/mol. The van der Waals surface area contributed by atoms with E-state index in [4.69, 9.17) is 5.73 Å². The summed E-state index contributed by atoms with van der Waals surface area (Å²) in [5.74, 6) is 0.505. The van der Waals surface area contributed by atoms with Crippen LogP contribution in [0.15, 0.2) is 36.7 Å². The molecule has 0 radical (unpaired) electrons. The summed E-state index contributed by atoms with van der Waals surface area (Å²) >= 11 is 0. The predicted molar refractivity (Wildman–Crippen MR) is 81.3 cm³/mol. The summed E-state index contributed by atoms with van der Waals surface area (Å²) in [5.41, 5.74) is 8.42. The Morgan fingerprint density at radius 1 is 1.43 bits per heavy atom. The van der Waals surface area contributed by atoms with Crippen molar-refractivity contribution in [2.45, 2.75) is 25.8 Å². The van der Waals surface area contributed by atoms with E-state index in [0.29, 0.717) is 18.0 Å². The van der Waals surface area contributed by atoms with Gasteiger partial charge in [0.25, 0.3) is 5.91 Å². The molecule has 5 heteroatoms. The second-order valence-electron chi connectivity index (χ2n) is 5.66. The molecule has 1 atom stereocenters. The number of aromatic nitrogens is 2. The van der Waals surface area contributed by atoms with Crippen molar-refractivity contribution >= 4 is 5.91 Å². The minimum Gasteiger partial charge on any atom is -0.348 e. The third-order valence-electron chi connectivity index (χ3n) is 3.87. The van der Waals surface area contributed by atoms with Crippen LogP contribution in [0.1, 0.15) is 28.8 Å². The Morgan fingerprint density at radius 3 is 2.67 bits per heavy atom. The van der Waals surface area contributed by atoms with E-state index in [0.717, 1.165) is 11.3 Å². The molecule has 1 aliphatic rings. The number of hydrogen-bond donors (Lipinski definition) is 2. The highest BCUT2D eigenvalue weighted by Gasteiger charge is 2.31. The number of rotatable bonds is 5. The Labute approximate surface area is 124 Å². The Balaban J connectivity index is 1.69. The third-order valence-corrected chi connectivity index (χ3v) is 3.87. The minimum atomic E-state index is -0.0551. The van der Waals surface area contributed by atoms with Gasteiger partial charge in [0.05, 0.1) is 11.9 Å². The zero-order valence-electron chi connectivity index (χ0n) is 12.1. The average molecular weight is 284 g/mol. The van der Waals surface area contributed by atoms with Crippen LogP contribution < -0.4 is 11.1 Å². The molecule has 1 saturated carbocycles. The largest absolute Gasteiger partial charge is 0.348 e. The molecule has 0 saturated heterocycles. The quantitative estimate of drug-likeness (QED) is 0.877. The Morgan fingerprint density at radius 2 is 2.14 bits per heavy atom. The van der Waals surface area contributed by atoms with Gasteiger partial charge in [-0.3, -0.25) is 4.79 Å². The lowest BCUT2D eigenvalue weighted by Gasteiger charge is -2.16. The van der Waals surface area contributed by atoms with Gasteiger partial charge in [0, 0.05) is 24.3 Å². The predicted octanol–water partition coefficient (Wildman–Crippen LogP) is 1.65. The average Bonchev–Trinajstić information content (AvgIpc) is 3.26. The molecule has 0 bridgehead atoms. The second-order valence-corrected chi connectivity index (χ2v) is 5.66. The number of hydrogen-bond acceptors (Lipinski definition) is 3. The van der Waals surface area contributed by atoms with Crippen LogP contribution in [0.5, 0.6) is 0 Å². The van der Waals surface area contributed by atoms with Crippen LogP contribution in [0.3, 0.4) is 0 Å². The molecule has 110 valence electrons. The second kappa shape index (κ2) is 5.69. The first kappa shape index (κ1) is 13.8. The summed E-state index contributed by atoms with van der Waals surface area (Å²) in [7, 11) is 0. The summed E-state index contributed by atoms with van der Waals surface area (Å²) in [6.45, 7) is 2.50. The Hall–Kier alpha value is -2.14. The lowest BCUT2D eigenvalue weighted by atomic mass is 10.1. The van der Waals surface area contributed by atoms with Gasteiger partial charge >= 0.3 is 0 Å². The highest BCUT2D eigenvalue weighted by Crippen LogP contribution is 2.32. The number of nitrogens with two attached hydrogens (primary N) is 1. The van der Waals surface area contributed by atoms with Crippen molar-refractivity contribution in [1.82, 2.24) is 15.1 Å². The molecule has 1 unspecified atom stereocenters. The molecule has 1 aromatic carbocycles. The number of nitrogens with zero attached hydrogens (tertiary/aromatic N) is 2. The van der Waals surface area contributed by atoms with E-state index in [2.05, 4.69) is 10.4 Å². The third kappa shape index (κ3) is 3.13. The number of aryl methyl sites for hydroxylation is 1. The van der Waals surface area contributed by atoms with Crippen LogP contribution in [0.4, 0.5) is 0 Å². The van der Waals surface area contributed by atoms with Crippen molar-refractivity contribution in [1.29, 1.82) is 0 Å². The van der Waals surface area contributed by atoms with Gasteiger partial charge in [0.2, 0.25) is 0 Å². The standard InChI is InChI=1S/C16H20N4O/c1-11-9-18-20(10-11)14-6-4-13(5-7-14)16(21)19-15(8-17)12-2-3-12/h4-7,9-10,12,15H,2-3,8,17H2,1H3,(H,19,21). The fourth-order valence-corrected chi connectivity index (χ4v) is 2.44. The zero-order chi connectivity index (χ0) is 14.8. The van der Waals surface area contributed by atoms with E-state index in [1.807, 2.05) is 43.6 Å². The van der Waals surface area contributed by atoms with E-state index >= 15 is 0 Å². The van der Waals surface area contributed by atoms with Crippen LogP contribution in [-0.4, -0.2) is 28.3 Å². The van der Waals surface area contributed by atoms with E-state index in [1.165, 1.54) is 12.8 Å². The number of carbonyl (C=O) groups is 1. The highest BCUT2D eigenvalue weighted by atomic mass is 16.1. The van der Waals surface area contributed by atoms with Gasteiger partial charge in [-0.1, -0.05) is 0 Å². The maximum absolute atomic E-state index is 12.2. The molecule has 1 fully saturated rings. The van der Waals surface area contributed by atoms with E-state index < -0.39 is 0 Å². The molecule has 1 heterocycles. The first-order valence-corrected chi connectivity index (χ1v) is 7.30. The maximum atomic E-state index is 12.2. The first-order valence-electron chi connectivity index (χ1n) is 7.30. The van der Waals surface area contributed by atoms with Crippen molar-refractivity contribution in [3.8, 4) is 5.69 Å². The van der Waals surface area contributed by atoms with Gasteiger partial charge < -0.3 is 11.1 Å².